The molecule has 1 aromatic carbocycles. The van der Waals surface area contributed by atoms with Gasteiger partial charge < -0.3 is 15.3 Å². The van der Waals surface area contributed by atoms with E-state index in [-0.39, 0.29) is 17.4 Å². The zero-order valence-corrected chi connectivity index (χ0v) is 14.7. The summed E-state index contributed by atoms with van der Waals surface area (Å²) in [4.78, 5) is 20.3. The minimum absolute atomic E-state index is 0.0138. The summed E-state index contributed by atoms with van der Waals surface area (Å²) in [6.45, 7) is 3.15. The third kappa shape index (κ3) is 4.93. The Balaban J connectivity index is 2.19. The van der Waals surface area contributed by atoms with Crippen LogP contribution in [0.2, 0.25) is 0 Å². The van der Waals surface area contributed by atoms with E-state index in [1.165, 1.54) is 25.3 Å². The first kappa shape index (κ1) is 20.1. The third-order valence-electron chi connectivity index (χ3n) is 3.75. The molecule has 0 aliphatic rings. The number of halogens is 3. The molecule has 0 aliphatic carbocycles. The average Bonchev–Trinajstić information content (AvgIpc) is 2.64. The number of hydrogen-bond acceptors (Lipinski definition) is 6. The van der Waals surface area contributed by atoms with Crippen molar-refractivity contribution in [2.24, 2.45) is 5.16 Å². The van der Waals surface area contributed by atoms with Crippen molar-refractivity contribution < 1.29 is 27.9 Å². The molecule has 2 N–H and O–H groups in total. The maximum absolute atomic E-state index is 12.7. The van der Waals surface area contributed by atoms with Gasteiger partial charge in [-0.25, -0.2) is 4.98 Å². The number of aromatic nitrogens is 2. The maximum atomic E-state index is 12.7. The first-order chi connectivity index (χ1) is 12.7. The number of alkyl halides is 3. The van der Waals surface area contributed by atoms with Crippen LogP contribution < -0.4 is 10.1 Å². The molecule has 144 valence electrons. The van der Waals surface area contributed by atoms with Gasteiger partial charge >= 0.3 is 6.18 Å². The van der Waals surface area contributed by atoms with Crippen LogP contribution in [0.3, 0.4) is 0 Å². The Morgan fingerprint density at radius 1 is 1.26 bits per heavy atom. The van der Waals surface area contributed by atoms with Crippen molar-refractivity contribution in [1.82, 2.24) is 15.3 Å². The number of oxime groups is 1. The number of rotatable bonds is 4. The van der Waals surface area contributed by atoms with E-state index in [0.29, 0.717) is 11.4 Å². The summed E-state index contributed by atoms with van der Waals surface area (Å²) in [6.07, 6.45) is -4.45. The fraction of sp³-hybridized carbons (Fsp3) is 0.294. The summed E-state index contributed by atoms with van der Waals surface area (Å²) in [5.41, 5.74) is -0.388. The van der Waals surface area contributed by atoms with Gasteiger partial charge in [0.05, 0.1) is 12.7 Å². The summed E-state index contributed by atoms with van der Waals surface area (Å²) in [5, 5.41) is 14.7. The zero-order valence-electron chi connectivity index (χ0n) is 14.7. The second-order valence-corrected chi connectivity index (χ2v) is 5.62. The van der Waals surface area contributed by atoms with Crippen LogP contribution in [0.5, 0.6) is 5.88 Å². The molecule has 0 saturated heterocycles. The molecule has 1 amide bonds. The number of nitrogens with zero attached hydrogens (tertiary/aromatic N) is 3. The van der Waals surface area contributed by atoms with Crippen molar-refractivity contribution in [2.75, 3.05) is 7.11 Å². The van der Waals surface area contributed by atoms with Crippen LogP contribution in [0.4, 0.5) is 13.2 Å². The number of amides is 1. The molecule has 2 aromatic rings. The highest BCUT2D eigenvalue weighted by Crippen LogP contribution is 2.30. The number of methoxy groups -OCH3 is 1. The number of nitrogens with one attached hydrogen (secondary N) is 1. The smallest absolute Gasteiger partial charge is 0.416 e. The normalized spacial score (nSPS) is 13.2. The molecule has 0 spiro atoms. The van der Waals surface area contributed by atoms with Gasteiger partial charge in [0.25, 0.3) is 5.91 Å². The van der Waals surface area contributed by atoms with Gasteiger partial charge in [-0.2, -0.15) is 18.2 Å². The average molecular weight is 382 g/mol. The van der Waals surface area contributed by atoms with Crippen molar-refractivity contribution in [3.63, 3.8) is 0 Å². The molecule has 1 aromatic heterocycles. The van der Waals surface area contributed by atoms with Crippen LogP contribution in [0.1, 0.15) is 40.3 Å². The first-order valence-electron chi connectivity index (χ1n) is 7.75. The molecule has 0 aliphatic heterocycles. The van der Waals surface area contributed by atoms with Crippen molar-refractivity contribution >= 4 is 11.7 Å². The number of aryl methyl sites for hydroxylation is 1. The quantitative estimate of drug-likeness (QED) is 0.367. The van der Waals surface area contributed by atoms with Gasteiger partial charge in [0.15, 0.2) is 5.84 Å². The highest BCUT2D eigenvalue weighted by Gasteiger charge is 2.30. The lowest BCUT2D eigenvalue weighted by Crippen LogP contribution is -2.34. The Kier molecular flexibility index (Phi) is 5.98. The number of carbonyl (C=O) groups is 1. The molecule has 2 rings (SSSR count). The minimum atomic E-state index is -4.45. The van der Waals surface area contributed by atoms with Crippen molar-refractivity contribution in [3.05, 3.63) is 53.0 Å². The second-order valence-electron chi connectivity index (χ2n) is 5.62. The molecule has 27 heavy (non-hydrogen) atoms. The summed E-state index contributed by atoms with van der Waals surface area (Å²) >= 11 is 0. The Morgan fingerprint density at radius 3 is 2.41 bits per heavy atom. The molecule has 0 fully saturated rings. The molecule has 0 bridgehead atoms. The molecule has 10 heteroatoms. The number of ether oxygens (including phenoxy) is 1. The van der Waals surface area contributed by atoms with Crippen LogP contribution in [0.15, 0.2) is 35.5 Å². The Labute approximate surface area is 152 Å². The van der Waals surface area contributed by atoms with Gasteiger partial charge in [-0.1, -0.05) is 24.2 Å². The summed E-state index contributed by atoms with van der Waals surface area (Å²) < 4.78 is 42.9. The monoisotopic (exact) mass is 382 g/mol. The zero-order chi connectivity index (χ0) is 20.2. The fourth-order valence-electron chi connectivity index (χ4n) is 2.28. The Bertz CT molecular complexity index is 851. The van der Waals surface area contributed by atoms with Crippen molar-refractivity contribution in [1.29, 1.82) is 0 Å². The van der Waals surface area contributed by atoms with Gasteiger partial charge in [-0.3, -0.25) is 4.79 Å². The highest BCUT2D eigenvalue weighted by molar-refractivity contribution is 6.07. The van der Waals surface area contributed by atoms with E-state index in [4.69, 9.17) is 4.74 Å². The number of hydrogen-bond donors (Lipinski definition) is 2. The van der Waals surface area contributed by atoms with Crippen LogP contribution in [0, 0.1) is 6.92 Å². The van der Waals surface area contributed by atoms with E-state index >= 15 is 0 Å². The number of amidine groups is 1. The summed E-state index contributed by atoms with van der Waals surface area (Å²) in [7, 11) is 1.39. The lowest BCUT2D eigenvalue weighted by molar-refractivity contribution is -0.137. The standard InChI is InChI=1S/C17H17F3N4O3/c1-9(11-4-6-12(7-5-11)17(18,19)20)15(24-26)23-16(25)13-8-14(27-3)22-10(2)21-13/h4-9,26H,1-3H3,(H,23,24,25). The van der Waals surface area contributed by atoms with Gasteiger partial charge in [0.2, 0.25) is 5.88 Å². The van der Waals surface area contributed by atoms with E-state index < -0.39 is 23.6 Å². The largest absolute Gasteiger partial charge is 0.481 e. The van der Waals surface area contributed by atoms with Crippen molar-refractivity contribution in [3.8, 4) is 5.88 Å². The second kappa shape index (κ2) is 8.02. The van der Waals surface area contributed by atoms with E-state index in [0.717, 1.165) is 12.1 Å². The van der Waals surface area contributed by atoms with E-state index in [9.17, 15) is 23.2 Å². The van der Waals surface area contributed by atoms with E-state index in [2.05, 4.69) is 20.4 Å². The predicted molar refractivity (Wildman–Crippen MR) is 89.9 cm³/mol. The topological polar surface area (TPSA) is 96.7 Å². The molecule has 0 radical (unpaired) electrons. The van der Waals surface area contributed by atoms with Gasteiger partial charge in [0.1, 0.15) is 11.5 Å². The lowest BCUT2D eigenvalue weighted by atomic mass is 9.98. The van der Waals surface area contributed by atoms with Crippen LogP contribution in [-0.2, 0) is 6.18 Å². The molecular formula is C17H17F3N4O3. The molecule has 7 nitrogen and oxygen atoms in total. The Hall–Kier alpha value is -3.17. The third-order valence-corrected chi connectivity index (χ3v) is 3.75. The number of carbonyl (C=O) groups excluding carboxylic acids is 1. The van der Waals surface area contributed by atoms with Gasteiger partial charge in [0, 0.05) is 12.0 Å². The van der Waals surface area contributed by atoms with E-state index in [1.54, 1.807) is 13.8 Å². The van der Waals surface area contributed by atoms with Gasteiger partial charge in [-0.05, 0) is 24.6 Å². The van der Waals surface area contributed by atoms with Gasteiger partial charge in [-0.15, -0.1) is 0 Å². The molecule has 1 heterocycles. The SMILES string of the molecule is COc1cc(C(=O)N/C(=N/O)C(C)c2ccc(C(F)(F)F)cc2)nc(C)n1. The van der Waals surface area contributed by atoms with Crippen molar-refractivity contribution in [2.45, 2.75) is 25.9 Å². The maximum Gasteiger partial charge on any atom is 0.416 e. The predicted octanol–water partition coefficient (Wildman–Crippen LogP) is 3.13. The van der Waals surface area contributed by atoms with Crippen LogP contribution in [-0.4, -0.2) is 34.0 Å². The lowest BCUT2D eigenvalue weighted by Gasteiger charge is -2.16. The first-order valence-corrected chi connectivity index (χ1v) is 7.75. The Morgan fingerprint density at radius 2 is 1.89 bits per heavy atom. The van der Waals surface area contributed by atoms with Crippen LogP contribution in [0.25, 0.3) is 0 Å². The fourth-order valence-corrected chi connectivity index (χ4v) is 2.28. The molecule has 1 unspecified atom stereocenters. The molecule has 0 saturated carbocycles. The number of benzene rings is 1. The van der Waals surface area contributed by atoms with E-state index in [1.807, 2.05) is 0 Å². The minimum Gasteiger partial charge on any atom is -0.481 e. The van der Waals surface area contributed by atoms with Crippen LogP contribution >= 0.6 is 0 Å². The highest BCUT2D eigenvalue weighted by atomic mass is 19.4. The molecular weight excluding hydrogens is 365 g/mol. The summed E-state index contributed by atoms with van der Waals surface area (Å²) in [5.74, 6) is -1.00. The molecule has 1 atom stereocenters. The summed E-state index contributed by atoms with van der Waals surface area (Å²) in [6, 6.07) is 5.65.